The average Bonchev–Trinajstić information content (AvgIpc) is 3.02. The number of phenolic OH excluding ortho intramolecular Hbond substituents is 1. The maximum absolute atomic E-state index is 10.1. The number of nitrogens with one attached hydrogen (secondary N) is 1. The van der Waals surface area contributed by atoms with Crippen LogP contribution >= 0.6 is 0 Å². The van der Waals surface area contributed by atoms with Crippen LogP contribution in [0.25, 0.3) is 11.4 Å². The average molecular weight is 324 g/mol. The van der Waals surface area contributed by atoms with Gasteiger partial charge in [0.15, 0.2) is 0 Å². The van der Waals surface area contributed by atoms with Crippen LogP contribution in [0.4, 0.5) is 0 Å². The Labute approximate surface area is 138 Å². The van der Waals surface area contributed by atoms with E-state index in [-0.39, 0.29) is 5.75 Å². The van der Waals surface area contributed by atoms with Gasteiger partial charge in [0.05, 0.1) is 25.5 Å². The Hall–Kier alpha value is -3.15. The molecule has 0 radical (unpaired) electrons. The molecule has 122 valence electrons. The summed E-state index contributed by atoms with van der Waals surface area (Å²) in [6.45, 7) is 0. The summed E-state index contributed by atoms with van der Waals surface area (Å²) in [6, 6.07) is 10.7. The largest absolute Gasteiger partial charge is 0.507 e. The van der Waals surface area contributed by atoms with Crippen LogP contribution in [0.1, 0.15) is 11.3 Å². The summed E-state index contributed by atoms with van der Waals surface area (Å²) in [5, 5.41) is 10.1. The van der Waals surface area contributed by atoms with Crippen molar-refractivity contribution in [3.63, 3.8) is 0 Å². The van der Waals surface area contributed by atoms with Crippen LogP contribution in [-0.2, 0) is 6.42 Å². The first-order chi connectivity index (χ1) is 11.7. The first-order valence-electron chi connectivity index (χ1n) is 7.49. The number of benzene rings is 2. The maximum Gasteiger partial charge on any atom is 0.241 e. The Morgan fingerprint density at radius 3 is 2.62 bits per heavy atom. The fourth-order valence-corrected chi connectivity index (χ4v) is 2.77. The van der Waals surface area contributed by atoms with E-state index >= 15 is 0 Å². The smallest absolute Gasteiger partial charge is 0.241 e. The van der Waals surface area contributed by atoms with Gasteiger partial charge in [-0.2, -0.15) is 4.98 Å². The van der Waals surface area contributed by atoms with E-state index in [1.54, 1.807) is 32.4 Å². The van der Waals surface area contributed by atoms with E-state index in [1.165, 1.54) is 0 Å². The minimum Gasteiger partial charge on any atom is -0.507 e. The third-order valence-electron chi connectivity index (χ3n) is 4.04. The van der Waals surface area contributed by atoms with Crippen LogP contribution in [-0.4, -0.2) is 29.3 Å². The van der Waals surface area contributed by atoms with Crippen molar-refractivity contribution in [3.05, 3.63) is 47.7 Å². The van der Waals surface area contributed by atoms with Crippen molar-refractivity contribution in [1.29, 1.82) is 0 Å². The lowest BCUT2D eigenvalue weighted by Crippen LogP contribution is -2.02. The van der Waals surface area contributed by atoms with Crippen LogP contribution in [0, 0.1) is 0 Å². The zero-order valence-corrected chi connectivity index (χ0v) is 13.3. The molecule has 0 saturated heterocycles. The number of imidazole rings is 1. The lowest BCUT2D eigenvalue weighted by Gasteiger charge is -2.16. The highest BCUT2D eigenvalue weighted by molar-refractivity contribution is 5.67. The molecule has 4 rings (SSSR count). The first-order valence-corrected chi connectivity index (χ1v) is 7.49. The maximum atomic E-state index is 10.1. The lowest BCUT2D eigenvalue weighted by atomic mass is 10.1. The summed E-state index contributed by atoms with van der Waals surface area (Å²) in [5.41, 5.74) is 2.44. The molecular formula is C18H16N2O4. The van der Waals surface area contributed by atoms with E-state index in [2.05, 4.69) is 9.97 Å². The van der Waals surface area contributed by atoms with E-state index in [0.717, 1.165) is 22.8 Å². The second-order valence-corrected chi connectivity index (χ2v) is 5.50. The molecular weight excluding hydrogens is 308 g/mol. The van der Waals surface area contributed by atoms with Gasteiger partial charge in [0.25, 0.3) is 0 Å². The minimum absolute atomic E-state index is 0.126. The van der Waals surface area contributed by atoms with Crippen molar-refractivity contribution in [2.45, 2.75) is 6.42 Å². The second-order valence-electron chi connectivity index (χ2n) is 5.50. The molecule has 0 spiro atoms. The fraction of sp³-hybridized carbons (Fsp3) is 0.167. The van der Waals surface area contributed by atoms with Gasteiger partial charge in [-0.05, 0) is 36.4 Å². The Kier molecular flexibility index (Phi) is 3.30. The van der Waals surface area contributed by atoms with Gasteiger partial charge in [-0.15, -0.1) is 0 Å². The zero-order chi connectivity index (χ0) is 16.7. The summed E-state index contributed by atoms with van der Waals surface area (Å²) in [7, 11) is 3.22. The number of fused-ring (bicyclic) bond motifs is 2. The third kappa shape index (κ3) is 2.32. The Balaban J connectivity index is 1.73. The summed E-state index contributed by atoms with van der Waals surface area (Å²) >= 11 is 0. The van der Waals surface area contributed by atoms with Crippen molar-refractivity contribution in [2.75, 3.05) is 14.2 Å². The van der Waals surface area contributed by atoms with E-state index in [4.69, 9.17) is 14.2 Å². The molecule has 24 heavy (non-hydrogen) atoms. The van der Waals surface area contributed by atoms with Gasteiger partial charge in [-0.3, -0.25) is 0 Å². The summed E-state index contributed by atoms with van der Waals surface area (Å²) < 4.78 is 16.3. The standard InChI is InChI=1S/C18H16N2O4/c1-22-11-4-6-16-10(7-11)8-14-18(24-16)20-17(19-14)13-9-12(23-2)3-5-15(13)21/h3-7,9,21H,8H2,1-2H3,(H,19,20). The van der Waals surface area contributed by atoms with Crippen molar-refractivity contribution in [3.8, 4) is 40.3 Å². The van der Waals surface area contributed by atoms with Crippen molar-refractivity contribution < 1.29 is 19.3 Å². The topological polar surface area (TPSA) is 76.6 Å². The number of nitrogens with zero attached hydrogens (tertiary/aromatic N) is 1. The van der Waals surface area contributed by atoms with Crippen LogP contribution in [0.5, 0.6) is 28.9 Å². The molecule has 0 saturated carbocycles. The fourth-order valence-electron chi connectivity index (χ4n) is 2.77. The van der Waals surface area contributed by atoms with Crippen LogP contribution in [0.3, 0.4) is 0 Å². The number of aromatic hydroxyl groups is 1. The summed E-state index contributed by atoms with van der Waals surface area (Å²) in [5.74, 6) is 3.37. The highest BCUT2D eigenvalue weighted by atomic mass is 16.5. The molecule has 0 amide bonds. The van der Waals surface area contributed by atoms with E-state index in [0.29, 0.717) is 29.4 Å². The SMILES string of the molecule is COc1ccc2c(c1)Cc1[nH]c(-c3cc(OC)ccc3O)nc1O2. The zero-order valence-electron chi connectivity index (χ0n) is 13.3. The molecule has 0 atom stereocenters. The Morgan fingerprint density at radius 1 is 1.08 bits per heavy atom. The van der Waals surface area contributed by atoms with Gasteiger partial charge < -0.3 is 24.3 Å². The number of H-pyrrole nitrogens is 1. The quantitative estimate of drug-likeness (QED) is 0.603. The monoisotopic (exact) mass is 324 g/mol. The number of hydrogen-bond donors (Lipinski definition) is 2. The highest BCUT2D eigenvalue weighted by Crippen LogP contribution is 2.39. The molecule has 1 aliphatic rings. The number of ether oxygens (including phenoxy) is 3. The molecule has 2 heterocycles. The number of aromatic amines is 1. The molecule has 0 fully saturated rings. The van der Waals surface area contributed by atoms with E-state index in [1.807, 2.05) is 18.2 Å². The van der Waals surface area contributed by atoms with Gasteiger partial charge in [-0.25, -0.2) is 0 Å². The first kappa shape index (κ1) is 14.4. The van der Waals surface area contributed by atoms with E-state index in [9.17, 15) is 5.11 Å². The predicted octanol–water partition coefficient (Wildman–Crippen LogP) is 3.50. The van der Waals surface area contributed by atoms with Crippen LogP contribution in [0.15, 0.2) is 36.4 Å². The second kappa shape index (κ2) is 5.49. The number of aromatic nitrogens is 2. The predicted molar refractivity (Wildman–Crippen MR) is 88.1 cm³/mol. The molecule has 1 aliphatic heterocycles. The molecule has 6 heteroatoms. The third-order valence-corrected chi connectivity index (χ3v) is 4.04. The Bertz CT molecular complexity index is 917. The van der Waals surface area contributed by atoms with Crippen molar-refractivity contribution in [2.24, 2.45) is 0 Å². The van der Waals surface area contributed by atoms with Crippen molar-refractivity contribution in [1.82, 2.24) is 9.97 Å². The summed E-state index contributed by atoms with van der Waals surface area (Å²) in [6.07, 6.45) is 0.652. The van der Waals surface area contributed by atoms with Gasteiger partial charge in [0.1, 0.15) is 28.8 Å². The number of phenols is 1. The number of methoxy groups -OCH3 is 2. The van der Waals surface area contributed by atoms with Gasteiger partial charge in [-0.1, -0.05) is 0 Å². The van der Waals surface area contributed by atoms with Crippen LogP contribution < -0.4 is 14.2 Å². The van der Waals surface area contributed by atoms with Crippen LogP contribution in [0.2, 0.25) is 0 Å². The number of hydrogen-bond acceptors (Lipinski definition) is 5. The highest BCUT2D eigenvalue weighted by Gasteiger charge is 2.23. The van der Waals surface area contributed by atoms with Gasteiger partial charge >= 0.3 is 0 Å². The van der Waals surface area contributed by atoms with Crippen molar-refractivity contribution >= 4 is 0 Å². The lowest BCUT2D eigenvalue weighted by molar-refractivity contribution is 0.408. The molecule has 2 aromatic carbocycles. The van der Waals surface area contributed by atoms with Gasteiger partial charge in [0.2, 0.25) is 5.88 Å². The molecule has 0 aliphatic carbocycles. The molecule has 0 unspecified atom stereocenters. The normalized spacial score (nSPS) is 12.1. The molecule has 1 aromatic heterocycles. The van der Waals surface area contributed by atoms with E-state index < -0.39 is 0 Å². The Morgan fingerprint density at radius 2 is 1.83 bits per heavy atom. The molecule has 3 aromatic rings. The molecule has 0 bridgehead atoms. The number of rotatable bonds is 3. The minimum atomic E-state index is 0.126. The molecule has 2 N–H and O–H groups in total. The molecule has 6 nitrogen and oxygen atoms in total. The summed E-state index contributed by atoms with van der Waals surface area (Å²) in [4.78, 5) is 7.70. The van der Waals surface area contributed by atoms with Gasteiger partial charge in [0, 0.05) is 12.0 Å².